The summed E-state index contributed by atoms with van der Waals surface area (Å²) in [6.45, 7) is 2.91. The second-order valence-corrected chi connectivity index (χ2v) is 7.48. The normalized spacial score (nSPS) is 28.6. The van der Waals surface area contributed by atoms with Gasteiger partial charge in [0.05, 0.1) is 22.3 Å². The van der Waals surface area contributed by atoms with Gasteiger partial charge in [0.2, 0.25) is 0 Å². The standard InChI is InChI=1S/C17H23Cl2NO3.B/c18-14-2-1-13(9-15(14)19)23-12-3-5-20(6-4-12)10-11-7-16(21)17(22)8-11;/h1-2,9,11-12,16-17,21-22H,3-8,10H2;. The maximum Gasteiger partial charge on any atom is 0.121 e. The van der Waals surface area contributed by atoms with E-state index in [0.717, 1.165) is 38.2 Å². The fourth-order valence-electron chi connectivity index (χ4n) is 3.56. The lowest BCUT2D eigenvalue weighted by Crippen LogP contribution is -2.40. The fraction of sp³-hybridized carbons (Fsp3) is 0.647. The van der Waals surface area contributed by atoms with Crippen molar-refractivity contribution in [2.75, 3.05) is 19.6 Å². The molecule has 2 unspecified atom stereocenters. The Kier molecular flexibility index (Phi) is 7.26. The second kappa shape index (κ2) is 8.77. The molecule has 7 heteroatoms. The molecule has 1 aromatic rings. The van der Waals surface area contributed by atoms with Gasteiger partial charge in [0.15, 0.2) is 0 Å². The first-order valence-electron chi connectivity index (χ1n) is 8.21. The molecule has 1 aliphatic heterocycles. The van der Waals surface area contributed by atoms with Crippen molar-refractivity contribution in [2.45, 2.75) is 44.0 Å². The molecule has 1 aromatic carbocycles. The molecular weight excluding hydrogens is 348 g/mol. The van der Waals surface area contributed by atoms with Gasteiger partial charge in [0.1, 0.15) is 11.9 Å². The maximum absolute atomic E-state index is 9.64. The Hall–Kier alpha value is -0.455. The van der Waals surface area contributed by atoms with E-state index in [0.29, 0.717) is 28.8 Å². The number of hydrogen-bond acceptors (Lipinski definition) is 4. The van der Waals surface area contributed by atoms with E-state index in [4.69, 9.17) is 27.9 Å². The van der Waals surface area contributed by atoms with Gasteiger partial charge in [-0.15, -0.1) is 0 Å². The van der Waals surface area contributed by atoms with Crippen LogP contribution in [0.4, 0.5) is 0 Å². The summed E-state index contributed by atoms with van der Waals surface area (Å²) in [5, 5.41) is 20.3. The molecule has 1 aliphatic carbocycles. The maximum atomic E-state index is 9.64. The highest BCUT2D eigenvalue weighted by atomic mass is 35.5. The molecule has 2 aliphatic rings. The minimum atomic E-state index is -0.546. The van der Waals surface area contributed by atoms with Gasteiger partial charge in [-0.2, -0.15) is 0 Å². The van der Waals surface area contributed by atoms with Crippen LogP contribution in [-0.4, -0.2) is 61.5 Å². The van der Waals surface area contributed by atoms with E-state index in [9.17, 15) is 10.2 Å². The topological polar surface area (TPSA) is 52.9 Å². The van der Waals surface area contributed by atoms with Gasteiger partial charge in [0.25, 0.3) is 0 Å². The number of ether oxygens (including phenoxy) is 1. The number of piperidine rings is 1. The SMILES string of the molecule is OC1CC(CN2CCC(Oc3ccc(Cl)c(Cl)c3)CC2)CC1O.[B]. The Bertz CT molecular complexity index is 531. The summed E-state index contributed by atoms with van der Waals surface area (Å²) in [4.78, 5) is 2.41. The zero-order valence-corrected chi connectivity index (χ0v) is 15.1. The van der Waals surface area contributed by atoms with Crippen molar-refractivity contribution in [3.05, 3.63) is 28.2 Å². The third-order valence-corrected chi connectivity index (χ3v) is 5.58. The number of likely N-dealkylation sites (tertiary alicyclic amines) is 1. The summed E-state index contributed by atoms with van der Waals surface area (Å²) in [7, 11) is 0. The van der Waals surface area contributed by atoms with Crippen LogP contribution < -0.4 is 4.74 Å². The first-order chi connectivity index (χ1) is 11.0. The van der Waals surface area contributed by atoms with Crippen molar-refractivity contribution in [1.29, 1.82) is 0 Å². The molecular formula is C17H23BCl2NO3. The van der Waals surface area contributed by atoms with Crippen LogP contribution in [0.5, 0.6) is 5.75 Å². The molecule has 131 valence electrons. The van der Waals surface area contributed by atoms with Crippen molar-refractivity contribution < 1.29 is 14.9 Å². The van der Waals surface area contributed by atoms with E-state index < -0.39 is 12.2 Å². The molecule has 1 saturated heterocycles. The summed E-state index contributed by atoms with van der Waals surface area (Å²) in [5.74, 6) is 1.16. The Morgan fingerprint density at radius 1 is 1.04 bits per heavy atom. The summed E-state index contributed by atoms with van der Waals surface area (Å²) in [6.07, 6.45) is 2.46. The molecule has 0 amide bonds. The first-order valence-corrected chi connectivity index (χ1v) is 8.97. The number of halogens is 2. The summed E-state index contributed by atoms with van der Waals surface area (Å²) in [6, 6.07) is 5.37. The lowest BCUT2D eigenvalue weighted by molar-refractivity contribution is 0.0438. The minimum Gasteiger partial charge on any atom is -0.490 e. The van der Waals surface area contributed by atoms with E-state index >= 15 is 0 Å². The Morgan fingerprint density at radius 2 is 1.67 bits per heavy atom. The molecule has 0 aromatic heterocycles. The number of aliphatic hydroxyl groups is 2. The van der Waals surface area contributed by atoms with Crippen LogP contribution in [0, 0.1) is 5.92 Å². The van der Waals surface area contributed by atoms with Gasteiger partial charge >= 0.3 is 0 Å². The third-order valence-electron chi connectivity index (χ3n) is 4.84. The van der Waals surface area contributed by atoms with E-state index in [-0.39, 0.29) is 14.5 Å². The van der Waals surface area contributed by atoms with E-state index in [1.807, 2.05) is 6.07 Å². The average molecular weight is 371 g/mol. The monoisotopic (exact) mass is 370 g/mol. The highest BCUT2D eigenvalue weighted by Crippen LogP contribution is 2.30. The van der Waals surface area contributed by atoms with Gasteiger partial charge in [-0.25, -0.2) is 0 Å². The van der Waals surface area contributed by atoms with Gasteiger partial charge in [0, 0.05) is 34.1 Å². The summed E-state index contributed by atoms with van der Waals surface area (Å²) >= 11 is 11.9. The van der Waals surface area contributed by atoms with Gasteiger partial charge in [-0.3, -0.25) is 0 Å². The van der Waals surface area contributed by atoms with Crippen molar-refractivity contribution in [2.24, 2.45) is 5.92 Å². The van der Waals surface area contributed by atoms with Gasteiger partial charge in [-0.1, -0.05) is 23.2 Å². The van der Waals surface area contributed by atoms with Crippen LogP contribution in [0.3, 0.4) is 0 Å². The fourth-order valence-corrected chi connectivity index (χ4v) is 3.85. The van der Waals surface area contributed by atoms with Crippen molar-refractivity contribution in [3.8, 4) is 5.75 Å². The molecule has 3 rings (SSSR count). The lowest BCUT2D eigenvalue weighted by Gasteiger charge is -2.33. The number of nitrogens with zero attached hydrogens (tertiary/aromatic N) is 1. The lowest BCUT2D eigenvalue weighted by atomic mass is 10.0. The van der Waals surface area contributed by atoms with Crippen LogP contribution in [0.15, 0.2) is 18.2 Å². The number of benzene rings is 1. The zero-order valence-electron chi connectivity index (χ0n) is 13.6. The molecule has 0 spiro atoms. The summed E-state index contributed by atoms with van der Waals surface area (Å²) < 4.78 is 5.99. The second-order valence-electron chi connectivity index (χ2n) is 6.67. The Morgan fingerprint density at radius 3 is 2.25 bits per heavy atom. The van der Waals surface area contributed by atoms with Crippen LogP contribution in [-0.2, 0) is 0 Å². The first kappa shape index (κ1) is 19.9. The van der Waals surface area contributed by atoms with E-state index in [2.05, 4.69) is 4.90 Å². The number of aliphatic hydroxyl groups excluding tert-OH is 2. The molecule has 0 bridgehead atoms. The molecule has 2 atom stereocenters. The predicted octanol–water partition coefficient (Wildman–Crippen LogP) is 2.59. The Labute approximate surface area is 155 Å². The highest BCUT2D eigenvalue weighted by Gasteiger charge is 2.33. The predicted molar refractivity (Wildman–Crippen MR) is 97.0 cm³/mol. The van der Waals surface area contributed by atoms with Crippen molar-refractivity contribution in [1.82, 2.24) is 4.90 Å². The van der Waals surface area contributed by atoms with Crippen LogP contribution >= 0.6 is 23.2 Å². The summed E-state index contributed by atoms with van der Waals surface area (Å²) in [5.41, 5.74) is 0. The van der Waals surface area contributed by atoms with Crippen molar-refractivity contribution >= 4 is 31.6 Å². The number of rotatable bonds is 4. The quantitative estimate of drug-likeness (QED) is 0.800. The molecule has 1 saturated carbocycles. The average Bonchev–Trinajstić information content (AvgIpc) is 2.83. The van der Waals surface area contributed by atoms with Crippen LogP contribution in [0.2, 0.25) is 10.0 Å². The number of hydrogen-bond donors (Lipinski definition) is 2. The molecule has 3 radical (unpaired) electrons. The van der Waals surface area contributed by atoms with E-state index in [1.54, 1.807) is 12.1 Å². The molecule has 1 heterocycles. The molecule has 2 fully saturated rings. The smallest absolute Gasteiger partial charge is 0.121 e. The third kappa shape index (κ3) is 5.02. The van der Waals surface area contributed by atoms with Gasteiger partial charge in [-0.05, 0) is 43.7 Å². The molecule has 24 heavy (non-hydrogen) atoms. The molecule has 2 N–H and O–H groups in total. The molecule has 4 nitrogen and oxygen atoms in total. The largest absolute Gasteiger partial charge is 0.490 e. The highest BCUT2D eigenvalue weighted by molar-refractivity contribution is 6.42. The van der Waals surface area contributed by atoms with Crippen LogP contribution in [0.1, 0.15) is 25.7 Å². The van der Waals surface area contributed by atoms with Crippen LogP contribution in [0.25, 0.3) is 0 Å². The Balaban J connectivity index is 0.00000208. The zero-order chi connectivity index (χ0) is 16.4. The minimum absolute atomic E-state index is 0. The van der Waals surface area contributed by atoms with E-state index in [1.165, 1.54) is 0 Å². The van der Waals surface area contributed by atoms with Gasteiger partial charge < -0.3 is 19.8 Å². The van der Waals surface area contributed by atoms with Crippen molar-refractivity contribution in [3.63, 3.8) is 0 Å².